The highest BCUT2D eigenvalue weighted by Crippen LogP contribution is 2.45. The summed E-state index contributed by atoms with van der Waals surface area (Å²) in [6.45, 7) is 10.3. The van der Waals surface area contributed by atoms with Crippen LogP contribution < -0.4 is 19.3 Å². The molecule has 12 heteroatoms. The van der Waals surface area contributed by atoms with E-state index in [1.807, 2.05) is 48.5 Å². The number of aliphatic hydroxyl groups excluding tert-OH is 1. The van der Waals surface area contributed by atoms with Gasteiger partial charge in [-0.3, -0.25) is 14.5 Å². The van der Waals surface area contributed by atoms with Gasteiger partial charge in [0.25, 0.3) is 5.91 Å². The molecule has 1 amide bonds. The molecule has 2 fully saturated rings. The molecule has 2 aromatic heterocycles. The first-order valence-corrected chi connectivity index (χ1v) is 19.9. The summed E-state index contributed by atoms with van der Waals surface area (Å²) in [5, 5.41) is 19.2. The Morgan fingerprint density at radius 2 is 1.83 bits per heavy atom. The predicted octanol–water partition coefficient (Wildman–Crippen LogP) is 7.32. The van der Waals surface area contributed by atoms with Crippen LogP contribution in [0.15, 0.2) is 59.8 Å². The maximum Gasteiger partial charge on any atom is 0.303 e. The zero-order chi connectivity index (χ0) is 37.8. The molecule has 2 aliphatic rings. The number of thioether (sulfide) groups is 1. The van der Waals surface area contributed by atoms with Crippen molar-refractivity contribution in [2.24, 2.45) is 17.3 Å². The van der Waals surface area contributed by atoms with E-state index in [1.165, 1.54) is 0 Å². The maximum absolute atomic E-state index is 14.6. The zero-order valence-corrected chi connectivity index (χ0v) is 32.5. The number of carbonyl (C=O) groups is 2. The SMILES string of the molecule is COc1ccc(C(=O)N(CC(C)(C)C)c2cccc(SCCOCCCCO)n2)c(N2CCC(COc3cc(C(CC(=O)O)C4CC4)ccn3)CC2)c1. The molecule has 11 nitrogen and oxygen atoms in total. The molecule has 5 rings (SSSR count). The molecule has 288 valence electrons. The lowest BCUT2D eigenvalue weighted by molar-refractivity contribution is -0.137. The van der Waals surface area contributed by atoms with Crippen molar-refractivity contribution >= 4 is 35.1 Å². The molecular weight excluding hydrogens is 693 g/mol. The average molecular weight is 749 g/mol. The van der Waals surface area contributed by atoms with Crippen molar-refractivity contribution in [2.75, 3.05) is 68.7 Å². The first-order chi connectivity index (χ1) is 25.5. The number of pyridine rings is 2. The van der Waals surface area contributed by atoms with Crippen molar-refractivity contribution < 1.29 is 34.0 Å². The number of nitrogens with zero attached hydrogens (tertiary/aromatic N) is 4. The van der Waals surface area contributed by atoms with Crippen LogP contribution in [-0.2, 0) is 9.53 Å². The van der Waals surface area contributed by atoms with Gasteiger partial charge in [0.1, 0.15) is 11.6 Å². The lowest BCUT2D eigenvalue weighted by Gasteiger charge is -2.36. The fourth-order valence-electron chi connectivity index (χ4n) is 6.74. The Hall–Kier alpha value is -3.87. The summed E-state index contributed by atoms with van der Waals surface area (Å²) in [6.07, 6.45) is 7.32. The van der Waals surface area contributed by atoms with Crippen LogP contribution in [0.25, 0.3) is 0 Å². The number of aliphatic hydroxyl groups is 1. The van der Waals surface area contributed by atoms with Crippen LogP contribution in [0, 0.1) is 17.3 Å². The van der Waals surface area contributed by atoms with Gasteiger partial charge in [-0.2, -0.15) is 0 Å². The van der Waals surface area contributed by atoms with Crippen LogP contribution in [0.4, 0.5) is 11.5 Å². The van der Waals surface area contributed by atoms with Gasteiger partial charge < -0.3 is 29.3 Å². The van der Waals surface area contributed by atoms with Gasteiger partial charge in [0, 0.05) is 56.9 Å². The second kappa shape index (κ2) is 19.5. The molecule has 2 N–H and O–H groups in total. The third-order valence-electron chi connectivity index (χ3n) is 9.67. The number of hydrogen-bond acceptors (Lipinski definition) is 10. The van der Waals surface area contributed by atoms with Crippen LogP contribution in [0.1, 0.15) is 87.6 Å². The number of benzene rings is 1. The fourth-order valence-corrected chi connectivity index (χ4v) is 7.48. The molecule has 0 radical (unpaired) electrons. The molecule has 1 atom stereocenters. The summed E-state index contributed by atoms with van der Waals surface area (Å²) >= 11 is 1.60. The van der Waals surface area contributed by atoms with Crippen LogP contribution in [0.3, 0.4) is 0 Å². The van der Waals surface area contributed by atoms with Gasteiger partial charge in [-0.15, -0.1) is 11.8 Å². The maximum atomic E-state index is 14.6. The quantitative estimate of drug-likeness (QED) is 0.0889. The Bertz CT molecular complexity index is 1640. The Labute approximate surface area is 318 Å². The van der Waals surface area contributed by atoms with Gasteiger partial charge in [-0.25, -0.2) is 9.97 Å². The Morgan fingerprint density at radius 1 is 1.04 bits per heavy atom. The molecule has 1 aromatic carbocycles. The van der Waals surface area contributed by atoms with Gasteiger partial charge >= 0.3 is 5.97 Å². The zero-order valence-electron chi connectivity index (χ0n) is 31.7. The number of carboxylic acids is 1. The third kappa shape index (κ3) is 12.3. The molecular formula is C41H56N4O7S. The van der Waals surface area contributed by atoms with E-state index in [0.29, 0.717) is 61.2 Å². The van der Waals surface area contributed by atoms with Gasteiger partial charge in [-0.05, 0) is 97.6 Å². The number of rotatable bonds is 20. The van der Waals surface area contributed by atoms with Gasteiger partial charge in [0.15, 0.2) is 0 Å². The van der Waals surface area contributed by atoms with Crippen molar-refractivity contribution in [3.05, 3.63) is 65.9 Å². The van der Waals surface area contributed by atoms with Crippen molar-refractivity contribution in [3.8, 4) is 11.6 Å². The van der Waals surface area contributed by atoms with E-state index in [4.69, 9.17) is 24.3 Å². The molecule has 0 spiro atoms. The number of aliphatic carboxylic acids is 1. The number of unbranched alkanes of at least 4 members (excludes halogenated alkanes) is 1. The monoisotopic (exact) mass is 748 g/mol. The summed E-state index contributed by atoms with van der Waals surface area (Å²) in [4.78, 5) is 39.5. The molecule has 1 saturated carbocycles. The normalized spacial score (nSPS) is 15.6. The van der Waals surface area contributed by atoms with Crippen LogP contribution >= 0.6 is 11.8 Å². The lowest BCUT2D eigenvalue weighted by atomic mass is 9.92. The molecule has 1 saturated heterocycles. The van der Waals surface area contributed by atoms with E-state index in [1.54, 1.807) is 30.0 Å². The molecule has 3 heterocycles. The summed E-state index contributed by atoms with van der Waals surface area (Å²) in [6, 6.07) is 15.3. The number of carbonyl (C=O) groups excluding carboxylic acids is 1. The van der Waals surface area contributed by atoms with Crippen molar-refractivity contribution in [1.82, 2.24) is 9.97 Å². The minimum Gasteiger partial charge on any atom is -0.497 e. The van der Waals surface area contributed by atoms with Crippen molar-refractivity contribution in [2.45, 2.75) is 76.7 Å². The number of amides is 1. The van der Waals surface area contributed by atoms with Gasteiger partial charge in [-0.1, -0.05) is 26.8 Å². The van der Waals surface area contributed by atoms with Crippen LogP contribution in [0.5, 0.6) is 11.6 Å². The number of carboxylic acid groups (broad SMARTS) is 1. The number of aromatic nitrogens is 2. The van der Waals surface area contributed by atoms with Gasteiger partial charge in [0.2, 0.25) is 5.88 Å². The highest BCUT2D eigenvalue weighted by Gasteiger charge is 2.34. The topological polar surface area (TPSA) is 135 Å². The largest absolute Gasteiger partial charge is 0.497 e. The first kappa shape index (κ1) is 40.3. The Balaban J connectivity index is 1.25. The molecule has 3 aromatic rings. The van der Waals surface area contributed by atoms with E-state index >= 15 is 0 Å². The lowest BCUT2D eigenvalue weighted by Crippen LogP contribution is -2.41. The number of methoxy groups -OCH3 is 1. The van der Waals surface area contributed by atoms with Crippen molar-refractivity contribution in [3.63, 3.8) is 0 Å². The molecule has 53 heavy (non-hydrogen) atoms. The number of ether oxygens (including phenoxy) is 3. The third-order valence-corrected chi connectivity index (χ3v) is 10.6. The van der Waals surface area contributed by atoms with E-state index < -0.39 is 5.97 Å². The predicted molar refractivity (Wildman–Crippen MR) is 209 cm³/mol. The molecule has 1 aliphatic carbocycles. The second-order valence-electron chi connectivity index (χ2n) is 15.3. The minimum absolute atomic E-state index is 0.00240. The van der Waals surface area contributed by atoms with E-state index in [2.05, 4.69) is 30.7 Å². The Morgan fingerprint density at radius 3 is 2.53 bits per heavy atom. The van der Waals surface area contributed by atoms with Crippen LogP contribution in [-0.4, -0.2) is 91.0 Å². The summed E-state index contributed by atoms with van der Waals surface area (Å²) < 4.78 is 17.5. The van der Waals surface area contributed by atoms with E-state index in [0.717, 1.165) is 73.6 Å². The molecule has 1 aliphatic heterocycles. The molecule has 1 unspecified atom stereocenters. The van der Waals surface area contributed by atoms with Crippen molar-refractivity contribution in [1.29, 1.82) is 0 Å². The highest BCUT2D eigenvalue weighted by atomic mass is 32.2. The number of piperidine rings is 1. The summed E-state index contributed by atoms with van der Waals surface area (Å²) in [5.74, 6) is 2.43. The van der Waals surface area contributed by atoms with E-state index in [-0.39, 0.29) is 30.3 Å². The molecule has 0 bridgehead atoms. The number of anilines is 2. The highest BCUT2D eigenvalue weighted by molar-refractivity contribution is 7.99. The van der Waals surface area contributed by atoms with E-state index in [9.17, 15) is 14.7 Å². The minimum atomic E-state index is -0.778. The summed E-state index contributed by atoms with van der Waals surface area (Å²) in [5.41, 5.74) is 2.25. The fraction of sp³-hybridized carbons (Fsp3) is 0.561. The average Bonchev–Trinajstić information content (AvgIpc) is 4.00. The second-order valence-corrected chi connectivity index (χ2v) is 16.4. The van der Waals surface area contributed by atoms with Gasteiger partial charge in [0.05, 0.1) is 43.0 Å². The first-order valence-electron chi connectivity index (χ1n) is 18.9. The Kier molecular flexibility index (Phi) is 14.8. The standard InChI is InChI=1S/C41H56N4O7S/c1-41(2,3)28-45(36-8-7-9-38(43-36)53-23-22-51-21-6-5-20-46)40(49)33-13-12-32(50-4)25-35(33)44-18-15-29(16-19-44)27-52-37-24-31(14-17-42-37)34(26-39(47)48)30-10-11-30/h7-9,12-14,17,24-25,29-30,34,46H,5-6,10-11,15-16,18-23,26-28H2,1-4H3,(H,47,48). The smallest absolute Gasteiger partial charge is 0.303 e. The summed E-state index contributed by atoms with van der Waals surface area (Å²) in [7, 11) is 1.64. The van der Waals surface area contributed by atoms with Crippen LogP contribution in [0.2, 0.25) is 0 Å². The number of hydrogen-bond donors (Lipinski definition) is 2.